The average molecular weight is 225 g/mol. The number of likely N-dealkylation sites (N-methyl/N-ethyl adjacent to an activating group) is 1. The first-order valence-electron chi connectivity index (χ1n) is 6.88. The van der Waals surface area contributed by atoms with Gasteiger partial charge in [0, 0.05) is 18.6 Å². The molecule has 2 fully saturated rings. The van der Waals surface area contributed by atoms with Crippen molar-refractivity contribution in [2.24, 2.45) is 0 Å². The maximum atomic E-state index is 3.79. The van der Waals surface area contributed by atoms with Gasteiger partial charge in [-0.1, -0.05) is 0 Å². The van der Waals surface area contributed by atoms with E-state index in [0.717, 1.165) is 12.1 Å². The van der Waals surface area contributed by atoms with E-state index < -0.39 is 0 Å². The van der Waals surface area contributed by atoms with Crippen molar-refractivity contribution < 1.29 is 0 Å². The van der Waals surface area contributed by atoms with Crippen LogP contribution >= 0.6 is 0 Å². The normalized spacial score (nSPS) is 34.1. The molecule has 2 heterocycles. The van der Waals surface area contributed by atoms with Crippen LogP contribution in [0.2, 0.25) is 0 Å². The van der Waals surface area contributed by atoms with Crippen LogP contribution in [0.1, 0.15) is 32.1 Å². The van der Waals surface area contributed by atoms with Crippen LogP contribution < -0.4 is 5.32 Å². The maximum Gasteiger partial charge on any atom is 0.0218 e. The Morgan fingerprint density at radius 1 is 1.00 bits per heavy atom. The molecule has 0 aromatic rings. The van der Waals surface area contributed by atoms with E-state index in [2.05, 4.69) is 29.2 Å². The molecule has 3 nitrogen and oxygen atoms in total. The molecule has 3 heteroatoms. The van der Waals surface area contributed by atoms with Crippen molar-refractivity contribution in [3.8, 4) is 0 Å². The largest absolute Gasteiger partial charge is 0.312 e. The highest BCUT2D eigenvalue weighted by Gasteiger charge is 2.22. The first-order valence-corrected chi connectivity index (χ1v) is 6.88. The lowest BCUT2D eigenvalue weighted by atomic mass is 10.1. The second kappa shape index (κ2) is 5.99. The van der Waals surface area contributed by atoms with Gasteiger partial charge >= 0.3 is 0 Å². The van der Waals surface area contributed by atoms with Crippen LogP contribution in [-0.4, -0.2) is 62.2 Å². The monoisotopic (exact) mass is 225 g/mol. The smallest absolute Gasteiger partial charge is 0.0218 e. The van der Waals surface area contributed by atoms with E-state index in [1.807, 2.05) is 0 Å². The fourth-order valence-electron chi connectivity index (χ4n) is 2.98. The van der Waals surface area contributed by atoms with E-state index >= 15 is 0 Å². The highest BCUT2D eigenvalue weighted by atomic mass is 15.2. The Morgan fingerprint density at radius 2 is 1.81 bits per heavy atom. The van der Waals surface area contributed by atoms with Crippen molar-refractivity contribution in [3.63, 3.8) is 0 Å². The summed E-state index contributed by atoms with van der Waals surface area (Å²) < 4.78 is 0. The van der Waals surface area contributed by atoms with Crippen LogP contribution in [0.3, 0.4) is 0 Å². The van der Waals surface area contributed by atoms with Crippen LogP contribution in [0.4, 0.5) is 0 Å². The van der Waals surface area contributed by atoms with E-state index in [0.29, 0.717) is 0 Å². The van der Waals surface area contributed by atoms with Crippen LogP contribution in [0.15, 0.2) is 0 Å². The molecule has 0 radical (unpaired) electrons. The second-order valence-corrected chi connectivity index (χ2v) is 5.62. The summed E-state index contributed by atoms with van der Waals surface area (Å²) in [6.07, 6.45) is 6.81. The van der Waals surface area contributed by atoms with E-state index in [1.54, 1.807) is 0 Å². The second-order valence-electron chi connectivity index (χ2n) is 5.62. The molecule has 0 aliphatic carbocycles. The Balaban J connectivity index is 1.68. The van der Waals surface area contributed by atoms with Gasteiger partial charge in [0.2, 0.25) is 0 Å². The van der Waals surface area contributed by atoms with Gasteiger partial charge in [-0.25, -0.2) is 0 Å². The SMILES string of the molecule is CN1CCCC(NCC2CCCN2C)CC1. The molecule has 0 bridgehead atoms. The Hall–Kier alpha value is -0.120. The molecule has 16 heavy (non-hydrogen) atoms. The number of likely N-dealkylation sites (tertiary alicyclic amines) is 2. The van der Waals surface area contributed by atoms with Crippen molar-refractivity contribution in [3.05, 3.63) is 0 Å². The summed E-state index contributed by atoms with van der Waals surface area (Å²) in [4.78, 5) is 4.97. The molecule has 2 unspecified atom stereocenters. The quantitative estimate of drug-likeness (QED) is 0.777. The van der Waals surface area contributed by atoms with E-state index in [-0.39, 0.29) is 0 Å². The summed E-state index contributed by atoms with van der Waals surface area (Å²) in [5.74, 6) is 0. The third-order valence-electron chi connectivity index (χ3n) is 4.27. The Morgan fingerprint density at radius 3 is 2.56 bits per heavy atom. The predicted octanol–water partition coefficient (Wildman–Crippen LogP) is 1.15. The lowest BCUT2D eigenvalue weighted by Crippen LogP contribution is -2.40. The van der Waals surface area contributed by atoms with Crippen LogP contribution in [0, 0.1) is 0 Å². The van der Waals surface area contributed by atoms with Gasteiger partial charge in [0.05, 0.1) is 0 Å². The van der Waals surface area contributed by atoms with Crippen molar-refractivity contribution >= 4 is 0 Å². The molecule has 1 N–H and O–H groups in total. The highest BCUT2D eigenvalue weighted by molar-refractivity contribution is 4.81. The number of rotatable bonds is 3. The third-order valence-corrected chi connectivity index (χ3v) is 4.27. The summed E-state index contributed by atoms with van der Waals surface area (Å²) in [5.41, 5.74) is 0. The van der Waals surface area contributed by atoms with Gasteiger partial charge in [0.1, 0.15) is 0 Å². The van der Waals surface area contributed by atoms with Gasteiger partial charge in [-0.3, -0.25) is 0 Å². The molecule has 2 saturated heterocycles. The van der Waals surface area contributed by atoms with Gasteiger partial charge < -0.3 is 15.1 Å². The molecule has 2 atom stereocenters. The predicted molar refractivity (Wildman–Crippen MR) is 68.8 cm³/mol. The number of nitrogens with zero attached hydrogens (tertiary/aromatic N) is 2. The van der Waals surface area contributed by atoms with Gasteiger partial charge in [0.15, 0.2) is 0 Å². The lowest BCUT2D eigenvalue weighted by Gasteiger charge is -2.23. The van der Waals surface area contributed by atoms with Crippen molar-refractivity contribution in [1.29, 1.82) is 0 Å². The molecular formula is C13H27N3. The maximum absolute atomic E-state index is 3.79. The Bertz CT molecular complexity index is 207. The summed E-state index contributed by atoms with van der Waals surface area (Å²) >= 11 is 0. The number of nitrogens with one attached hydrogen (secondary N) is 1. The standard InChI is InChI=1S/C13H27N3/c1-15-8-3-5-12(7-10-15)14-11-13-6-4-9-16(13)2/h12-14H,3-11H2,1-2H3. The first-order chi connectivity index (χ1) is 7.75. The van der Waals surface area contributed by atoms with Crippen molar-refractivity contribution in [2.75, 3.05) is 40.3 Å². The molecule has 2 aliphatic heterocycles. The molecule has 0 aromatic heterocycles. The van der Waals surface area contributed by atoms with Crippen LogP contribution in [0.5, 0.6) is 0 Å². The third kappa shape index (κ3) is 3.44. The van der Waals surface area contributed by atoms with Gasteiger partial charge in [0.25, 0.3) is 0 Å². The Kier molecular flexibility index (Phi) is 4.62. The van der Waals surface area contributed by atoms with Crippen molar-refractivity contribution in [2.45, 2.75) is 44.2 Å². The summed E-state index contributed by atoms with van der Waals surface area (Å²) in [5, 5.41) is 3.79. The number of hydrogen-bond acceptors (Lipinski definition) is 3. The average Bonchev–Trinajstić information content (AvgIpc) is 2.55. The number of hydrogen-bond donors (Lipinski definition) is 1. The van der Waals surface area contributed by atoms with E-state index in [9.17, 15) is 0 Å². The van der Waals surface area contributed by atoms with E-state index in [1.165, 1.54) is 58.3 Å². The minimum Gasteiger partial charge on any atom is -0.312 e. The fraction of sp³-hybridized carbons (Fsp3) is 1.00. The fourth-order valence-corrected chi connectivity index (χ4v) is 2.98. The van der Waals surface area contributed by atoms with Crippen LogP contribution in [-0.2, 0) is 0 Å². The molecule has 0 amide bonds. The lowest BCUT2D eigenvalue weighted by molar-refractivity contribution is 0.285. The molecular weight excluding hydrogens is 198 g/mol. The molecule has 94 valence electrons. The topological polar surface area (TPSA) is 18.5 Å². The van der Waals surface area contributed by atoms with Crippen molar-refractivity contribution in [1.82, 2.24) is 15.1 Å². The van der Waals surface area contributed by atoms with Gasteiger partial charge in [-0.15, -0.1) is 0 Å². The zero-order valence-corrected chi connectivity index (χ0v) is 10.9. The molecule has 0 saturated carbocycles. The summed E-state index contributed by atoms with van der Waals surface area (Å²) in [6, 6.07) is 1.56. The van der Waals surface area contributed by atoms with Crippen LogP contribution in [0.25, 0.3) is 0 Å². The first kappa shape index (κ1) is 12.3. The molecule has 0 spiro atoms. The minimum atomic E-state index is 0.763. The van der Waals surface area contributed by atoms with Gasteiger partial charge in [-0.05, 0) is 65.8 Å². The zero-order chi connectivity index (χ0) is 11.4. The Labute approximate surface area is 100 Å². The molecule has 2 rings (SSSR count). The highest BCUT2D eigenvalue weighted by Crippen LogP contribution is 2.15. The van der Waals surface area contributed by atoms with Gasteiger partial charge in [-0.2, -0.15) is 0 Å². The minimum absolute atomic E-state index is 0.763. The molecule has 2 aliphatic rings. The van der Waals surface area contributed by atoms with E-state index in [4.69, 9.17) is 0 Å². The zero-order valence-electron chi connectivity index (χ0n) is 10.9. The summed E-state index contributed by atoms with van der Waals surface area (Å²) in [7, 11) is 4.51. The summed E-state index contributed by atoms with van der Waals surface area (Å²) in [6.45, 7) is 5.03. The molecule has 0 aromatic carbocycles.